The third-order valence-corrected chi connectivity index (χ3v) is 3.35. The summed E-state index contributed by atoms with van der Waals surface area (Å²) in [5, 5.41) is 11.5. The van der Waals surface area contributed by atoms with E-state index in [-0.39, 0.29) is 25.4 Å². The Morgan fingerprint density at radius 1 is 1.32 bits per heavy atom. The monoisotopic (exact) mass is 307 g/mol. The normalized spacial score (nSPS) is 20.5. The van der Waals surface area contributed by atoms with Crippen LogP contribution < -0.4 is 11.1 Å². The Morgan fingerprint density at radius 2 is 2.00 bits per heavy atom. The fourth-order valence-electron chi connectivity index (χ4n) is 2.37. The number of amides is 2. The highest BCUT2D eigenvalue weighted by Crippen LogP contribution is 2.19. The Morgan fingerprint density at radius 3 is 2.59 bits per heavy atom. The van der Waals surface area contributed by atoms with Gasteiger partial charge in [0.1, 0.15) is 0 Å². The Labute approximate surface area is 126 Å². The van der Waals surface area contributed by atoms with Gasteiger partial charge in [-0.05, 0) is 12.1 Å². The lowest BCUT2D eigenvalue weighted by Crippen LogP contribution is -2.43. The molecule has 2 amide bonds. The van der Waals surface area contributed by atoms with Crippen molar-refractivity contribution in [3.05, 3.63) is 35.9 Å². The molecule has 0 bridgehead atoms. The SMILES string of the molecule is NCC(=O)N1C[C@H](NC(=O)c2ccccc2)C[C@@H]1OC(=O)O. The highest BCUT2D eigenvalue weighted by atomic mass is 16.7. The Bertz CT molecular complexity index is 563. The van der Waals surface area contributed by atoms with E-state index in [4.69, 9.17) is 10.8 Å². The molecule has 2 atom stereocenters. The van der Waals surface area contributed by atoms with Gasteiger partial charge in [0.15, 0.2) is 6.23 Å². The van der Waals surface area contributed by atoms with Gasteiger partial charge in [-0.3, -0.25) is 9.59 Å². The van der Waals surface area contributed by atoms with E-state index < -0.39 is 24.3 Å². The fraction of sp³-hybridized carbons (Fsp3) is 0.357. The molecule has 2 rings (SSSR count). The second kappa shape index (κ2) is 6.90. The summed E-state index contributed by atoms with van der Waals surface area (Å²) in [4.78, 5) is 35.7. The van der Waals surface area contributed by atoms with Crippen LogP contribution in [0.1, 0.15) is 16.8 Å². The number of hydrogen-bond acceptors (Lipinski definition) is 5. The van der Waals surface area contributed by atoms with E-state index in [9.17, 15) is 14.4 Å². The number of hydrogen-bond donors (Lipinski definition) is 3. The molecule has 0 radical (unpaired) electrons. The van der Waals surface area contributed by atoms with Crippen LogP contribution in [0.3, 0.4) is 0 Å². The third kappa shape index (κ3) is 3.73. The number of carbonyl (C=O) groups is 3. The zero-order valence-electron chi connectivity index (χ0n) is 11.8. The van der Waals surface area contributed by atoms with E-state index in [0.717, 1.165) is 0 Å². The van der Waals surface area contributed by atoms with E-state index in [0.29, 0.717) is 5.56 Å². The number of benzene rings is 1. The predicted octanol–water partition coefficient (Wildman–Crippen LogP) is -0.00330. The number of carboxylic acid groups (broad SMARTS) is 1. The maximum absolute atomic E-state index is 12.1. The molecule has 1 fully saturated rings. The Balaban J connectivity index is 2.02. The standard InChI is InChI=1S/C14H17N3O5/c15-7-11(18)17-8-10(6-12(17)22-14(20)21)16-13(19)9-4-2-1-3-5-9/h1-5,10,12H,6-8,15H2,(H,16,19)(H,20,21)/t10-,12+/m1/s1. The molecule has 1 aliphatic heterocycles. The predicted molar refractivity (Wildman–Crippen MR) is 76.0 cm³/mol. The molecule has 0 unspecified atom stereocenters. The molecule has 1 aromatic rings. The second-order valence-corrected chi connectivity index (χ2v) is 4.86. The third-order valence-electron chi connectivity index (χ3n) is 3.35. The van der Waals surface area contributed by atoms with E-state index in [1.54, 1.807) is 30.3 Å². The van der Waals surface area contributed by atoms with Gasteiger partial charge in [0, 0.05) is 18.5 Å². The van der Waals surface area contributed by atoms with Gasteiger partial charge in [-0.1, -0.05) is 18.2 Å². The van der Waals surface area contributed by atoms with Gasteiger partial charge >= 0.3 is 6.16 Å². The van der Waals surface area contributed by atoms with Gasteiger partial charge in [-0.15, -0.1) is 0 Å². The lowest BCUT2D eigenvalue weighted by molar-refractivity contribution is -0.137. The van der Waals surface area contributed by atoms with E-state index >= 15 is 0 Å². The summed E-state index contributed by atoms with van der Waals surface area (Å²) in [5.74, 6) is -0.718. The van der Waals surface area contributed by atoms with E-state index in [1.165, 1.54) is 4.90 Å². The van der Waals surface area contributed by atoms with Crippen molar-refractivity contribution in [3.8, 4) is 0 Å². The number of nitrogens with one attached hydrogen (secondary N) is 1. The van der Waals surface area contributed by atoms with Crippen molar-refractivity contribution in [2.45, 2.75) is 18.7 Å². The minimum atomic E-state index is -1.48. The average molecular weight is 307 g/mol. The first-order valence-corrected chi connectivity index (χ1v) is 6.76. The van der Waals surface area contributed by atoms with Crippen LogP contribution in [0, 0.1) is 0 Å². The molecule has 8 nitrogen and oxygen atoms in total. The molecule has 1 heterocycles. The van der Waals surface area contributed by atoms with Crippen LogP contribution in [0.25, 0.3) is 0 Å². The molecule has 0 aromatic heterocycles. The molecule has 1 aliphatic rings. The summed E-state index contributed by atoms with van der Waals surface area (Å²) in [5.41, 5.74) is 5.79. The van der Waals surface area contributed by atoms with Gasteiger partial charge in [0.25, 0.3) is 5.91 Å². The molecule has 0 aliphatic carbocycles. The van der Waals surface area contributed by atoms with E-state index in [1.807, 2.05) is 0 Å². The molecule has 118 valence electrons. The minimum absolute atomic E-state index is 0.159. The molecule has 22 heavy (non-hydrogen) atoms. The van der Waals surface area contributed by atoms with Crippen molar-refractivity contribution in [1.82, 2.24) is 10.2 Å². The van der Waals surface area contributed by atoms with Crippen molar-refractivity contribution < 1.29 is 24.2 Å². The Hall–Kier alpha value is -2.61. The van der Waals surface area contributed by atoms with Crippen molar-refractivity contribution >= 4 is 18.0 Å². The zero-order valence-corrected chi connectivity index (χ0v) is 11.8. The maximum Gasteiger partial charge on any atom is 0.507 e. The number of ether oxygens (including phenoxy) is 1. The first-order chi connectivity index (χ1) is 10.5. The van der Waals surface area contributed by atoms with Crippen molar-refractivity contribution in [2.24, 2.45) is 5.73 Å². The molecular formula is C14H17N3O5. The lowest BCUT2D eigenvalue weighted by Gasteiger charge is -2.22. The number of likely N-dealkylation sites (tertiary alicyclic amines) is 1. The molecule has 4 N–H and O–H groups in total. The zero-order chi connectivity index (χ0) is 16.1. The van der Waals surface area contributed by atoms with Crippen molar-refractivity contribution in [3.63, 3.8) is 0 Å². The second-order valence-electron chi connectivity index (χ2n) is 4.86. The van der Waals surface area contributed by atoms with Gasteiger partial charge in [0.05, 0.1) is 12.6 Å². The first kappa shape index (κ1) is 15.8. The van der Waals surface area contributed by atoms with Gasteiger partial charge < -0.3 is 25.8 Å². The quantitative estimate of drug-likeness (QED) is 0.673. The average Bonchev–Trinajstić information content (AvgIpc) is 2.89. The summed E-state index contributed by atoms with van der Waals surface area (Å²) in [6, 6.07) is 8.21. The molecule has 1 aromatic carbocycles. The highest BCUT2D eigenvalue weighted by Gasteiger charge is 2.38. The van der Waals surface area contributed by atoms with Crippen LogP contribution in [0.2, 0.25) is 0 Å². The van der Waals surface area contributed by atoms with Crippen LogP contribution in [-0.4, -0.2) is 53.3 Å². The summed E-state index contributed by atoms with van der Waals surface area (Å²) in [6.45, 7) is -0.0919. The van der Waals surface area contributed by atoms with E-state index in [2.05, 4.69) is 10.1 Å². The van der Waals surface area contributed by atoms with Crippen LogP contribution in [0.5, 0.6) is 0 Å². The summed E-state index contributed by atoms with van der Waals surface area (Å²) in [6.07, 6.45) is -2.22. The lowest BCUT2D eigenvalue weighted by atomic mass is 10.2. The first-order valence-electron chi connectivity index (χ1n) is 6.76. The molecule has 0 spiro atoms. The summed E-state index contributed by atoms with van der Waals surface area (Å²) in [7, 11) is 0. The smallest absolute Gasteiger partial charge is 0.450 e. The van der Waals surface area contributed by atoms with Gasteiger partial charge in [0.2, 0.25) is 5.91 Å². The fourth-order valence-corrected chi connectivity index (χ4v) is 2.37. The van der Waals surface area contributed by atoms with Gasteiger partial charge in [-0.2, -0.15) is 0 Å². The summed E-state index contributed by atoms with van der Waals surface area (Å²) >= 11 is 0. The van der Waals surface area contributed by atoms with Crippen LogP contribution in [-0.2, 0) is 9.53 Å². The Kier molecular flexibility index (Phi) is 4.95. The number of rotatable bonds is 4. The number of nitrogens with two attached hydrogens (primary N) is 1. The highest BCUT2D eigenvalue weighted by molar-refractivity contribution is 5.94. The largest absolute Gasteiger partial charge is 0.507 e. The number of carbonyl (C=O) groups excluding carboxylic acids is 2. The van der Waals surface area contributed by atoms with Crippen molar-refractivity contribution in [2.75, 3.05) is 13.1 Å². The number of nitrogens with zero attached hydrogens (tertiary/aromatic N) is 1. The van der Waals surface area contributed by atoms with Crippen LogP contribution >= 0.6 is 0 Å². The van der Waals surface area contributed by atoms with Crippen LogP contribution in [0.15, 0.2) is 30.3 Å². The summed E-state index contributed by atoms with van der Waals surface area (Å²) < 4.78 is 4.68. The molecule has 8 heteroatoms. The molecular weight excluding hydrogens is 290 g/mol. The molecule has 0 saturated carbocycles. The topological polar surface area (TPSA) is 122 Å². The van der Waals surface area contributed by atoms with Crippen molar-refractivity contribution in [1.29, 1.82) is 0 Å². The van der Waals surface area contributed by atoms with Gasteiger partial charge in [-0.25, -0.2) is 4.79 Å². The molecule has 1 saturated heterocycles. The maximum atomic E-state index is 12.1. The van der Waals surface area contributed by atoms with Crippen LogP contribution in [0.4, 0.5) is 4.79 Å². The minimum Gasteiger partial charge on any atom is -0.450 e.